The van der Waals surface area contributed by atoms with Gasteiger partial charge >= 0.3 is 0 Å². The van der Waals surface area contributed by atoms with Gasteiger partial charge in [0.25, 0.3) is 0 Å². The molecule has 0 radical (unpaired) electrons. The standard InChI is InChI=1S/C14H9BrCl2O/c1-8-10(3-2-4-11(8)15)14(18)9-5-6-12(16)13(17)7-9/h2-7H,1H3. The Kier molecular flexibility index (Phi) is 4.10. The molecule has 0 amide bonds. The molecule has 0 saturated heterocycles. The summed E-state index contributed by atoms with van der Waals surface area (Å²) in [5, 5.41) is 0.828. The highest BCUT2D eigenvalue weighted by molar-refractivity contribution is 9.10. The highest BCUT2D eigenvalue weighted by atomic mass is 79.9. The van der Waals surface area contributed by atoms with E-state index in [4.69, 9.17) is 23.2 Å². The van der Waals surface area contributed by atoms with Crippen LogP contribution in [-0.4, -0.2) is 5.78 Å². The van der Waals surface area contributed by atoms with Crippen molar-refractivity contribution in [2.24, 2.45) is 0 Å². The lowest BCUT2D eigenvalue weighted by Crippen LogP contribution is -2.04. The van der Waals surface area contributed by atoms with Gasteiger partial charge in [-0.3, -0.25) is 4.79 Å². The SMILES string of the molecule is Cc1c(Br)cccc1C(=O)c1ccc(Cl)c(Cl)c1. The maximum absolute atomic E-state index is 12.4. The van der Waals surface area contributed by atoms with Crippen LogP contribution in [0.25, 0.3) is 0 Å². The summed E-state index contributed by atoms with van der Waals surface area (Å²) in [6, 6.07) is 10.4. The van der Waals surface area contributed by atoms with Gasteiger partial charge in [0.1, 0.15) is 0 Å². The van der Waals surface area contributed by atoms with Gasteiger partial charge in [0, 0.05) is 15.6 Å². The number of rotatable bonds is 2. The lowest BCUT2D eigenvalue weighted by atomic mass is 9.99. The van der Waals surface area contributed by atoms with E-state index < -0.39 is 0 Å². The van der Waals surface area contributed by atoms with E-state index in [2.05, 4.69) is 15.9 Å². The van der Waals surface area contributed by atoms with Gasteiger partial charge in [-0.15, -0.1) is 0 Å². The minimum absolute atomic E-state index is 0.0626. The number of ketones is 1. The van der Waals surface area contributed by atoms with Gasteiger partial charge in [0.2, 0.25) is 0 Å². The Bertz CT molecular complexity index is 623. The van der Waals surface area contributed by atoms with E-state index in [1.807, 2.05) is 19.1 Å². The van der Waals surface area contributed by atoms with Crippen molar-refractivity contribution in [3.8, 4) is 0 Å². The normalized spacial score (nSPS) is 10.4. The maximum Gasteiger partial charge on any atom is 0.193 e. The smallest absolute Gasteiger partial charge is 0.193 e. The average molecular weight is 344 g/mol. The van der Waals surface area contributed by atoms with Crippen molar-refractivity contribution in [1.29, 1.82) is 0 Å². The van der Waals surface area contributed by atoms with Crippen molar-refractivity contribution in [2.75, 3.05) is 0 Å². The van der Waals surface area contributed by atoms with Crippen LogP contribution in [0, 0.1) is 6.92 Å². The molecule has 18 heavy (non-hydrogen) atoms. The Balaban J connectivity index is 2.48. The highest BCUT2D eigenvalue weighted by Gasteiger charge is 2.14. The quantitative estimate of drug-likeness (QED) is 0.676. The summed E-state index contributed by atoms with van der Waals surface area (Å²) in [5.41, 5.74) is 2.10. The Morgan fingerprint density at radius 2 is 1.83 bits per heavy atom. The fourth-order valence-electron chi connectivity index (χ4n) is 1.65. The third-order valence-electron chi connectivity index (χ3n) is 2.69. The summed E-state index contributed by atoms with van der Waals surface area (Å²) in [7, 11) is 0. The van der Waals surface area contributed by atoms with Crippen LogP contribution in [0.4, 0.5) is 0 Å². The third kappa shape index (κ3) is 2.61. The Morgan fingerprint density at radius 3 is 2.50 bits per heavy atom. The molecule has 0 aliphatic heterocycles. The molecular weight excluding hydrogens is 335 g/mol. The molecule has 0 atom stereocenters. The van der Waals surface area contributed by atoms with E-state index in [9.17, 15) is 4.79 Å². The predicted octanol–water partition coefficient (Wildman–Crippen LogP) is 5.30. The van der Waals surface area contributed by atoms with Crippen molar-refractivity contribution in [1.82, 2.24) is 0 Å². The fraction of sp³-hybridized carbons (Fsp3) is 0.0714. The van der Waals surface area contributed by atoms with E-state index in [0.29, 0.717) is 21.2 Å². The Morgan fingerprint density at radius 1 is 1.11 bits per heavy atom. The Labute approximate surface area is 124 Å². The van der Waals surface area contributed by atoms with E-state index in [-0.39, 0.29) is 5.78 Å². The van der Waals surface area contributed by atoms with Crippen molar-refractivity contribution in [3.63, 3.8) is 0 Å². The van der Waals surface area contributed by atoms with Crippen LogP contribution in [0.15, 0.2) is 40.9 Å². The summed E-state index contributed by atoms with van der Waals surface area (Å²) in [4.78, 5) is 12.4. The van der Waals surface area contributed by atoms with Gasteiger partial charge < -0.3 is 0 Å². The molecule has 0 aromatic heterocycles. The van der Waals surface area contributed by atoms with Crippen LogP contribution >= 0.6 is 39.1 Å². The van der Waals surface area contributed by atoms with Crippen molar-refractivity contribution in [2.45, 2.75) is 6.92 Å². The van der Waals surface area contributed by atoms with Crippen LogP contribution in [0.3, 0.4) is 0 Å². The van der Waals surface area contributed by atoms with Gasteiger partial charge in [-0.1, -0.05) is 51.3 Å². The molecule has 0 unspecified atom stereocenters. The molecule has 2 aromatic rings. The number of hydrogen-bond donors (Lipinski definition) is 0. The van der Waals surface area contributed by atoms with Crippen LogP contribution in [0.1, 0.15) is 21.5 Å². The topological polar surface area (TPSA) is 17.1 Å². The molecule has 0 aliphatic rings. The summed E-state index contributed by atoms with van der Waals surface area (Å²) in [5.74, 6) is -0.0626. The summed E-state index contributed by atoms with van der Waals surface area (Å²) >= 11 is 15.2. The lowest BCUT2D eigenvalue weighted by molar-refractivity contribution is 0.103. The molecule has 92 valence electrons. The van der Waals surface area contributed by atoms with Gasteiger partial charge in [0.15, 0.2) is 5.78 Å². The maximum atomic E-state index is 12.4. The zero-order chi connectivity index (χ0) is 13.3. The van der Waals surface area contributed by atoms with Crippen LogP contribution in [0.2, 0.25) is 10.0 Å². The summed E-state index contributed by atoms with van der Waals surface area (Å²) < 4.78 is 0.911. The molecule has 0 fully saturated rings. The number of carbonyl (C=O) groups excluding carboxylic acids is 1. The molecule has 4 heteroatoms. The van der Waals surface area contributed by atoms with Crippen molar-refractivity contribution < 1.29 is 4.79 Å². The molecule has 0 aliphatic carbocycles. The first-order valence-corrected chi connectivity index (χ1v) is 6.80. The lowest BCUT2D eigenvalue weighted by Gasteiger charge is -2.07. The van der Waals surface area contributed by atoms with Crippen LogP contribution in [0.5, 0.6) is 0 Å². The second kappa shape index (κ2) is 5.43. The molecule has 2 rings (SSSR count). The molecule has 0 spiro atoms. The fourth-order valence-corrected chi connectivity index (χ4v) is 2.31. The first-order chi connectivity index (χ1) is 8.50. The largest absolute Gasteiger partial charge is 0.289 e. The minimum atomic E-state index is -0.0626. The molecule has 0 heterocycles. The van der Waals surface area contributed by atoms with Crippen LogP contribution < -0.4 is 0 Å². The van der Waals surface area contributed by atoms with Crippen molar-refractivity contribution in [3.05, 3.63) is 67.6 Å². The van der Waals surface area contributed by atoms with E-state index >= 15 is 0 Å². The number of carbonyl (C=O) groups is 1. The number of hydrogen-bond acceptors (Lipinski definition) is 1. The minimum Gasteiger partial charge on any atom is -0.289 e. The highest BCUT2D eigenvalue weighted by Crippen LogP contribution is 2.26. The summed E-state index contributed by atoms with van der Waals surface area (Å²) in [6.07, 6.45) is 0. The van der Waals surface area contributed by atoms with Gasteiger partial charge in [-0.2, -0.15) is 0 Å². The first kappa shape index (κ1) is 13.6. The van der Waals surface area contributed by atoms with Gasteiger partial charge in [-0.05, 0) is 36.8 Å². The third-order valence-corrected chi connectivity index (χ3v) is 4.29. The van der Waals surface area contributed by atoms with Crippen LogP contribution in [-0.2, 0) is 0 Å². The number of halogens is 3. The van der Waals surface area contributed by atoms with E-state index in [1.54, 1.807) is 24.3 Å². The summed E-state index contributed by atoms with van der Waals surface area (Å²) in [6.45, 7) is 1.90. The second-order valence-electron chi connectivity index (χ2n) is 3.87. The molecule has 0 bridgehead atoms. The average Bonchev–Trinajstić information content (AvgIpc) is 2.35. The molecule has 0 N–H and O–H groups in total. The predicted molar refractivity (Wildman–Crippen MR) is 78.8 cm³/mol. The molecule has 0 saturated carbocycles. The van der Waals surface area contributed by atoms with Gasteiger partial charge in [0.05, 0.1) is 10.0 Å². The second-order valence-corrected chi connectivity index (χ2v) is 5.54. The molecular formula is C14H9BrCl2O. The molecule has 1 nitrogen and oxygen atoms in total. The van der Waals surface area contributed by atoms with E-state index in [0.717, 1.165) is 10.0 Å². The van der Waals surface area contributed by atoms with Gasteiger partial charge in [-0.25, -0.2) is 0 Å². The Hall–Kier alpha value is -0.830. The zero-order valence-electron chi connectivity index (χ0n) is 9.51. The molecule has 2 aromatic carbocycles. The van der Waals surface area contributed by atoms with Crippen molar-refractivity contribution >= 4 is 44.9 Å². The van der Waals surface area contributed by atoms with E-state index in [1.165, 1.54) is 0 Å². The zero-order valence-corrected chi connectivity index (χ0v) is 12.6. The number of benzene rings is 2. The monoisotopic (exact) mass is 342 g/mol. The first-order valence-electron chi connectivity index (χ1n) is 5.25.